The highest BCUT2D eigenvalue weighted by Crippen LogP contribution is 2.35. The highest BCUT2D eigenvalue weighted by molar-refractivity contribution is 6.36. The summed E-state index contributed by atoms with van der Waals surface area (Å²) in [6, 6.07) is 8.34. The van der Waals surface area contributed by atoms with Crippen LogP contribution < -0.4 is 15.8 Å². The molecule has 0 atom stereocenters. The van der Waals surface area contributed by atoms with Crippen LogP contribution in [-0.2, 0) is 4.79 Å². The Balaban J connectivity index is 2.35. The molecule has 0 saturated carbocycles. The maximum absolute atomic E-state index is 11.1. The van der Waals surface area contributed by atoms with Crippen LogP contribution in [0.25, 0.3) is 0 Å². The monoisotopic (exact) mass is 311 g/mol. The minimum absolute atomic E-state index is 0.114. The molecule has 0 spiro atoms. The molecule has 3 N–H and O–H groups in total. The molecule has 0 fully saturated rings. The highest BCUT2D eigenvalue weighted by atomic mass is 35.5. The van der Waals surface area contributed by atoms with Gasteiger partial charge in [-0.25, -0.2) is 0 Å². The summed E-state index contributed by atoms with van der Waals surface area (Å²) in [5, 5.41) is 3.12. The summed E-state index contributed by atoms with van der Waals surface area (Å²) >= 11 is 11.8. The summed E-state index contributed by atoms with van der Waals surface area (Å²) in [6.45, 7) is 1.41. The number of para-hydroxylation sites is 2. The van der Waals surface area contributed by atoms with Gasteiger partial charge in [-0.3, -0.25) is 4.79 Å². The number of carbonyl (C=O) groups is 1. The van der Waals surface area contributed by atoms with Crippen molar-refractivity contribution < 1.29 is 9.53 Å². The molecule has 1 amide bonds. The minimum atomic E-state index is -0.212. The van der Waals surface area contributed by atoms with E-state index in [-0.39, 0.29) is 27.7 Å². The maximum atomic E-state index is 11.1. The first kappa shape index (κ1) is 14.4. The van der Waals surface area contributed by atoms with Crippen molar-refractivity contribution in [3.63, 3.8) is 0 Å². The van der Waals surface area contributed by atoms with Gasteiger partial charge in [-0.1, -0.05) is 35.3 Å². The van der Waals surface area contributed by atoms with E-state index in [1.54, 1.807) is 24.3 Å². The van der Waals surface area contributed by atoms with Gasteiger partial charge in [0.25, 0.3) is 0 Å². The molecule has 2 rings (SSSR count). The van der Waals surface area contributed by atoms with E-state index in [9.17, 15) is 4.79 Å². The van der Waals surface area contributed by atoms with E-state index < -0.39 is 0 Å². The van der Waals surface area contributed by atoms with Crippen molar-refractivity contribution in [2.75, 3.05) is 11.1 Å². The van der Waals surface area contributed by atoms with E-state index in [2.05, 4.69) is 10.3 Å². The van der Waals surface area contributed by atoms with Crippen LogP contribution in [0.1, 0.15) is 6.92 Å². The van der Waals surface area contributed by atoms with E-state index in [0.717, 1.165) is 0 Å². The molecule has 20 heavy (non-hydrogen) atoms. The number of halogens is 2. The number of anilines is 2. The van der Waals surface area contributed by atoms with Crippen LogP contribution in [-0.4, -0.2) is 10.9 Å². The van der Waals surface area contributed by atoms with Crippen molar-refractivity contribution in [2.45, 2.75) is 6.92 Å². The number of aromatic nitrogens is 1. The number of benzene rings is 1. The first-order chi connectivity index (χ1) is 9.47. The largest absolute Gasteiger partial charge is 0.435 e. The minimum Gasteiger partial charge on any atom is -0.435 e. The molecule has 0 radical (unpaired) electrons. The summed E-state index contributed by atoms with van der Waals surface area (Å²) in [6.07, 6.45) is 0. The molecule has 0 aliphatic rings. The fourth-order valence-electron chi connectivity index (χ4n) is 1.49. The molecule has 104 valence electrons. The summed E-state index contributed by atoms with van der Waals surface area (Å²) in [5.74, 6) is 0.420. The van der Waals surface area contributed by atoms with Gasteiger partial charge >= 0.3 is 0 Å². The average Bonchev–Trinajstić information content (AvgIpc) is 2.37. The first-order valence-corrected chi connectivity index (χ1v) is 6.39. The first-order valence-electron chi connectivity index (χ1n) is 5.63. The lowest BCUT2D eigenvalue weighted by atomic mass is 10.3. The van der Waals surface area contributed by atoms with Crippen LogP contribution in [0, 0.1) is 0 Å². The Morgan fingerprint density at radius 3 is 2.70 bits per heavy atom. The second-order valence-corrected chi connectivity index (χ2v) is 4.74. The van der Waals surface area contributed by atoms with Crippen molar-refractivity contribution in [3.05, 3.63) is 40.4 Å². The molecule has 1 aromatic carbocycles. The Kier molecular flexibility index (Phi) is 4.32. The molecule has 1 aromatic heterocycles. The molecule has 0 bridgehead atoms. The Morgan fingerprint density at radius 1 is 1.30 bits per heavy atom. The van der Waals surface area contributed by atoms with Crippen LogP contribution in [0.5, 0.6) is 11.6 Å². The van der Waals surface area contributed by atoms with Crippen molar-refractivity contribution in [1.82, 2.24) is 4.98 Å². The zero-order valence-electron chi connectivity index (χ0n) is 10.5. The van der Waals surface area contributed by atoms with Crippen LogP contribution in [0.15, 0.2) is 30.3 Å². The molecule has 7 heteroatoms. The normalized spacial score (nSPS) is 10.2. The third-order valence-corrected chi connectivity index (χ3v) is 2.90. The number of hydrogen-bond acceptors (Lipinski definition) is 4. The molecule has 0 unspecified atom stereocenters. The third kappa shape index (κ3) is 3.31. The predicted molar refractivity (Wildman–Crippen MR) is 79.5 cm³/mol. The molecule has 0 saturated heterocycles. The zero-order valence-corrected chi connectivity index (χ0v) is 12.0. The zero-order chi connectivity index (χ0) is 14.7. The number of nitrogens with zero attached hydrogens (tertiary/aromatic N) is 1. The number of nitrogens with two attached hydrogens (primary N) is 1. The Hall–Kier alpha value is -1.98. The maximum Gasteiger partial charge on any atom is 0.240 e. The van der Waals surface area contributed by atoms with Crippen LogP contribution >= 0.6 is 23.2 Å². The quantitative estimate of drug-likeness (QED) is 0.905. The highest BCUT2D eigenvalue weighted by Gasteiger charge is 2.12. The SMILES string of the molecule is CC(=O)Nc1ccccc1Oc1nc(N)c(Cl)cc1Cl. The molecule has 2 aromatic rings. The van der Waals surface area contributed by atoms with Gasteiger partial charge in [0, 0.05) is 6.92 Å². The molecule has 0 aliphatic heterocycles. The smallest absolute Gasteiger partial charge is 0.240 e. The average molecular weight is 312 g/mol. The molecular weight excluding hydrogens is 301 g/mol. The number of pyridine rings is 1. The summed E-state index contributed by atoms with van der Waals surface area (Å²) in [5.41, 5.74) is 6.12. The standard InChI is InChI=1S/C13H11Cl2N3O2/c1-7(19)17-10-4-2-3-5-11(10)20-13-9(15)6-8(14)12(16)18-13/h2-6H,1H3,(H2,16,18)(H,17,19). The number of amides is 1. The van der Waals surface area contributed by atoms with Gasteiger partial charge in [-0.15, -0.1) is 0 Å². The summed E-state index contributed by atoms with van der Waals surface area (Å²) < 4.78 is 5.58. The second kappa shape index (κ2) is 5.98. The third-order valence-electron chi connectivity index (χ3n) is 2.33. The van der Waals surface area contributed by atoms with Crippen molar-refractivity contribution in [2.24, 2.45) is 0 Å². The van der Waals surface area contributed by atoms with Crippen molar-refractivity contribution >= 4 is 40.6 Å². The fourth-order valence-corrected chi connectivity index (χ4v) is 1.88. The van der Waals surface area contributed by atoms with Gasteiger partial charge < -0.3 is 15.8 Å². The van der Waals surface area contributed by atoms with Crippen molar-refractivity contribution in [3.8, 4) is 11.6 Å². The second-order valence-electron chi connectivity index (χ2n) is 3.92. The van der Waals surface area contributed by atoms with E-state index in [1.807, 2.05) is 0 Å². The van der Waals surface area contributed by atoms with Gasteiger partial charge in [0.1, 0.15) is 10.8 Å². The van der Waals surface area contributed by atoms with Crippen LogP contribution in [0.2, 0.25) is 10.0 Å². The van der Waals surface area contributed by atoms with Crippen LogP contribution in [0.4, 0.5) is 11.5 Å². The number of nitrogens with one attached hydrogen (secondary N) is 1. The van der Waals surface area contributed by atoms with E-state index >= 15 is 0 Å². The number of hydrogen-bond donors (Lipinski definition) is 2. The Morgan fingerprint density at radius 2 is 2.00 bits per heavy atom. The van der Waals surface area contributed by atoms with Gasteiger partial charge in [-0.05, 0) is 18.2 Å². The predicted octanol–water partition coefficient (Wildman–Crippen LogP) is 3.72. The Labute approximate surface area is 125 Å². The van der Waals surface area contributed by atoms with E-state index in [1.165, 1.54) is 13.0 Å². The molecule has 1 heterocycles. The summed E-state index contributed by atoms with van der Waals surface area (Å²) in [7, 11) is 0. The lowest BCUT2D eigenvalue weighted by Crippen LogP contribution is -2.07. The number of nitrogen functional groups attached to an aromatic ring is 1. The van der Waals surface area contributed by atoms with Crippen molar-refractivity contribution in [1.29, 1.82) is 0 Å². The van der Waals surface area contributed by atoms with E-state index in [4.69, 9.17) is 33.7 Å². The molecular formula is C13H11Cl2N3O2. The number of carbonyl (C=O) groups excluding carboxylic acids is 1. The molecule has 5 nitrogen and oxygen atoms in total. The van der Waals surface area contributed by atoms with E-state index in [0.29, 0.717) is 11.4 Å². The number of ether oxygens (including phenoxy) is 1. The lowest BCUT2D eigenvalue weighted by molar-refractivity contribution is -0.114. The molecule has 0 aliphatic carbocycles. The van der Waals surface area contributed by atoms with Gasteiger partial charge in [-0.2, -0.15) is 4.98 Å². The fraction of sp³-hybridized carbons (Fsp3) is 0.0769. The Bertz CT molecular complexity index is 662. The van der Waals surface area contributed by atoms with Gasteiger partial charge in [0.2, 0.25) is 11.8 Å². The van der Waals surface area contributed by atoms with Crippen LogP contribution in [0.3, 0.4) is 0 Å². The topological polar surface area (TPSA) is 77.2 Å². The van der Waals surface area contributed by atoms with Gasteiger partial charge in [0.05, 0.1) is 10.7 Å². The summed E-state index contributed by atoms with van der Waals surface area (Å²) in [4.78, 5) is 15.1. The lowest BCUT2D eigenvalue weighted by Gasteiger charge is -2.12. The number of rotatable bonds is 3. The van der Waals surface area contributed by atoms with Gasteiger partial charge in [0.15, 0.2) is 5.75 Å².